The summed E-state index contributed by atoms with van der Waals surface area (Å²) in [6.07, 6.45) is 2.20. The van der Waals surface area contributed by atoms with Crippen LogP contribution in [0.15, 0.2) is 24.3 Å². The molecule has 3 nitrogen and oxygen atoms in total. The predicted octanol–water partition coefficient (Wildman–Crippen LogP) is 2.58. The highest BCUT2D eigenvalue weighted by molar-refractivity contribution is 5.88. The molecule has 3 heteroatoms. The second-order valence-corrected chi connectivity index (χ2v) is 4.38. The number of anilines is 1. The molecule has 0 aliphatic heterocycles. The average Bonchev–Trinajstić information content (AvgIpc) is 2.28. The number of carbonyl (C=O) groups excluding carboxylic acids is 1. The third-order valence-corrected chi connectivity index (χ3v) is 2.69. The van der Waals surface area contributed by atoms with E-state index in [1.54, 1.807) is 0 Å². The summed E-state index contributed by atoms with van der Waals surface area (Å²) in [5.41, 5.74) is 2.17. The number of carbonyl (C=O) groups is 1. The number of aryl methyl sites for hydroxylation is 1. The van der Waals surface area contributed by atoms with Gasteiger partial charge in [-0.05, 0) is 44.0 Å². The third kappa shape index (κ3) is 5.50. The van der Waals surface area contributed by atoms with E-state index in [1.165, 1.54) is 12.5 Å². The van der Waals surface area contributed by atoms with Gasteiger partial charge in [0.15, 0.2) is 0 Å². The number of amides is 1. The van der Waals surface area contributed by atoms with Crippen LogP contribution in [0, 0.1) is 0 Å². The molecule has 0 aliphatic carbocycles. The highest BCUT2D eigenvalue weighted by Crippen LogP contribution is 2.11. The van der Waals surface area contributed by atoms with Crippen LogP contribution in [-0.4, -0.2) is 18.5 Å². The van der Waals surface area contributed by atoms with Gasteiger partial charge in [0.05, 0.1) is 0 Å². The van der Waals surface area contributed by atoms with Crippen LogP contribution in [-0.2, 0) is 11.2 Å². The lowest BCUT2D eigenvalue weighted by molar-refractivity contribution is -0.114. The van der Waals surface area contributed by atoms with E-state index in [0.29, 0.717) is 6.04 Å². The molecule has 0 saturated heterocycles. The van der Waals surface area contributed by atoms with Crippen molar-refractivity contribution in [3.8, 4) is 0 Å². The van der Waals surface area contributed by atoms with Gasteiger partial charge < -0.3 is 10.6 Å². The van der Waals surface area contributed by atoms with Crippen molar-refractivity contribution >= 4 is 11.6 Å². The molecule has 94 valence electrons. The van der Waals surface area contributed by atoms with E-state index in [9.17, 15) is 4.79 Å². The molecule has 0 bridgehead atoms. The van der Waals surface area contributed by atoms with Crippen LogP contribution >= 0.6 is 0 Å². The first-order valence-corrected chi connectivity index (χ1v) is 6.21. The van der Waals surface area contributed by atoms with Crippen LogP contribution in [0.25, 0.3) is 0 Å². The molecule has 0 aliphatic rings. The standard InChI is InChI=1S/C14H22N2O/c1-4-15-11(2)5-6-13-7-9-14(10-8-13)16-12(3)17/h7-11,15H,4-6H2,1-3H3,(H,16,17). The molecule has 0 radical (unpaired) electrons. The maximum atomic E-state index is 10.9. The fourth-order valence-electron chi connectivity index (χ4n) is 1.79. The van der Waals surface area contributed by atoms with Gasteiger partial charge in [-0.1, -0.05) is 19.1 Å². The molecular weight excluding hydrogens is 212 g/mol. The lowest BCUT2D eigenvalue weighted by Gasteiger charge is -2.12. The van der Waals surface area contributed by atoms with Crippen molar-refractivity contribution in [1.82, 2.24) is 5.32 Å². The zero-order chi connectivity index (χ0) is 12.7. The van der Waals surface area contributed by atoms with Crippen molar-refractivity contribution in [2.75, 3.05) is 11.9 Å². The lowest BCUT2D eigenvalue weighted by atomic mass is 10.1. The molecule has 0 aromatic heterocycles. The van der Waals surface area contributed by atoms with Crippen molar-refractivity contribution in [2.24, 2.45) is 0 Å². The minimum absolute atomic E-state index is 0.0291. The van der Waals surface area contributed by atoms with Gasteiger partial charge in [0, 0.05) is 18.7 Å². The van der Waals surface area contributed by atoms with Crippen molar-refractivity contribution in [1.29, 1.82) is 0 Å². The molecule has 1 atom stereocenters. The van der Waals surface area contributed by atoms with E-state index >= 15 is 0 Å². The Morgan fingerprint density at radius 3 is 2.47 bits per heavy atom. The fourth-order valence-corrected chi connectivity index (χ4v) is 1.79. The zero-order valence-electron chi connectivity index (χ0n) is 10.9. The number of nitrogens with one attached hydrogen (secondary N) is 2. The fraction of sp³-hybridized carbons (Fsp3) is 0.500. The van der Waals surface area contributed by atoms with Crippen molar-refractivity contribution in [2.45, 2.75) is 39.7 Å². The Labute approximate surface area is 104 Å². The van der Waals surface area contributed by atoms with E-state index in [1.807, 2.05) is 12.1 Å². The molecule has 17 heavy (non-hydrogen) atoms. The quantitative estimate of drug-likeness (QED) is 0.794. The smallest absolute Gasteiger partial charge is 0.221 e. The first kappa shape index (κ1) is 13.7. The van der Waals surface area contributed by atoms with Crippen molar-refractivity contribution in [3.63, 3.8) is 0 Å². The molecule has 1 unspecified atom stereocenters. The molecule has 0 fully saturated rings. The van der Waals surface area contributed by atoms with Crippen molar-refractivity contribution in [3.05, 3.63) is 29.8 Å². The Morgan fingerprint density at radius 1 is 1.29 bits per heavy atom. The maximum Gasteiger partial charge on any atom is 0.221 e. The van der Waals surface area contributed by atoms with Gasteiger partial charge in [0.1, 0.15) is 0 Å². The monoisotopic (exact) mass is 234 g/mol. The minimum Gasteiger partial charge on any atom is -0.326 e. The van der Waals surface area contributed by atoms with Gasteiger partial charge in [-0.15, -0.1) is 0 Å². The highest BCUT2D eigenvalue weighted by Gasteiger charge is 2.01. The summed E-state index contributed by atoms with van der Waals surface area (Å²) in [6.45, 7) is 6.86. The van der Waals surface area contributed by atoms with Gasteiger partial charge in [-0.3, -0.25) is 4.79 Å². The normalized spacial score (nSPS) is 12.2. The molecular formula is C14H22N2O. The third-order valence-electron chi connectivity index (χ3n) is 2.69. The van der Waals surface area contributed by atoms with E-state index in [4.69, 9.17) is 0 Å². The molecule has 1 amide bonds. The number of rotatable bonds is 6. The van der Waals surface area contributed by atoms with Crippen LogP contribution in [0.5, 0.6) is 0 Å². The summed E-state index contributed by atoms with van der Waals surface area (Å²) >= 11 is 0. The molecule has 0 heterocycles. The Hall–Kier alpha value is -1.35. The summed E-state index contributed by atoms with van der Waals surface area (Å²) in [4.78, 5) is 10.9. The average molecular weight is 234 g/mol. The van der Waals surface area contributed by atoms with Crippen LogP contribution < -0.4 is 10.6 Å². The second kappa shape index (κ2) is 7.07. The van der Waals surface area contributed by atoms with Crippen LogP contribution in [0.2, 0.25) is 0 Å². The molecule has 1 aromatic rings. The SMILES string of the molecule is CCNC(C)CCc1ccc(NC(C)=O)cc1. The summed E-state index contributed by atoms with van der Waals surface area (Å²) in [7, 11) is 0. The minimum atomic E-state index is -0.0291. The molecule has 1 aromatic carbocycles. The molecule has 2 N–H and O–H groups in total. The maximum absolute atomic E-state index is 10.9. The lowest BCUT2D eigenvalue weighted by Crippen LogP contribution is -2.25. The Bertz CT molecular complexity index is 346. The van der Waals surface area contributed by atoms with Crippen LogP contribution in [0.1, 0.15) is 32.8 Å². The zero-order valence-corrected chi connectivity index (χ0v) is 10.9. The van der Waals surface area contributed by atoms with Gasteiger partial charge in [-0.25, -0.2) is 0 Å². The van der Waals surface area contributed by atoms with Gasteiger partial charge in [-0.2, -0.15) is 0 Å². The van der Waals surface area contributed by atoms with Crippen LogP contribution in [0.3, 0.4) is 0 Å². The molecule has 0 saturated carbocycles. The highest BCUT2D eigenvalue weighted by atomic mass is 16.1. The molecule has 0 spiro atoms. The largest absolute Gasteiger partial charge is 0.326 e. The van der Waals surface area contributed by atoms with Gasteiger partial charge >= 0.3 is 0 Å². The van der Waals surface area contributed by atoms with E-state index in [-0.39, 0.29) is 5.91 Å². The Kier molecular flexibility index (Phi) is 5.70. The van der Waals surface area contributed by atoms with E-state index in [2.05, 4.69) is 36.6 Å². The second-order valence-electron chi connectivity index (χ2n) is 4.38. The van der Waals surface area contributed by atoms with E-state index < -0.39 is 0 Å². The molecule has 1 rings (SSSR count). The first-order valence-electron chi connectivity index (χ1n) is 6.21. The summed E-state index contributed by atoms with van der Waals surface area (Å²) in [6, 6.07) is 8.60. The summed E-state index contributed by atoms with van der Waals surface area (Å²) in [5, 5.41) is 6.16. The number of hydrogen-bond acceptors (Lipinski definition) is 2. The van der Waals surface area contributed by atoms with Gasteiger partial charge in [0.2, 0.25) is 5.91 Å². The van der Waals surface area contributed by atoms with Crippen molar-refractivity contribution < 1.29 is 4.79 Å². The Morgan fingerprint density at radius 2 is 1.94 bits per heavy atom. The predicted molar refractivity (Wildman–Crippen MR) is 72.2 cm³/mol. The van der Waals surface area contributed by atoms with E-state index in [0.717, 1.165) is 25.1 Å². The summed E-state index contributed by atoms with van der Waals surface area (Å²) in [5.74, 6) is -0.0291. The van der Waals surface area contributed by atoms with Gasteiger partial charge in [0.25, 0.3) is 0 Å². The summed E-state index contributed by atoms with van der Waals surface area (Å²) < 4.78 is 0. The number of hydrogen-bond donors (Lipinski definition) is 2. The topological polar surface area (TPSA) is 41.1 Å². The van der Waals surface area contributed by atoms with Crippen LogP contribution in [0.4, 0.5) is 5.69 Å². The number of benzene rings is 1. The Balaban J connectivity index is 2.42. The first-order chi connectivity index (χ1) is 8.11.